The molecule has 3 heterocycles. The summed E-state index contributed by atoms with van der Waals surface area (Å²) in [5.74, 6) is -0.239. The summed E-state index contributed by atoms with van der Waals surface area (Å²) in [6.45, 7) is 0. The third-order valence-electron chi connectivity index (χ3n) is 5.66. The van der Waals surface area contributed by atoms with Crippen molar-refractivity contribution in [2.45, 2.75) is 38.1 Å². The van der Waals surface area contributed by atoms with Crippen LogP contribution in [0.25, 0.3) is 33.5 Å². The van der Waals surface area contributed by atoms with Crippen molar-refractivity contribution in [2.75, 3.05) is 0 Å². The van der Waals surface area contributed by atoms with Gasteiger partial charge in [0.2, 0.25) is 0 Å². The molecule has 1 aliphatic carbocycles. The van der Waals surface area contributed by atoms with Crippen LogP contribution in [0.2, 0.25) is 0 Å². The number of benzene rings is 1. The normalized spacial score (nSPS) is 15.4. The van der Waals surface area contributed by atoms with Crippen LogP contribution in [-0.2, 0) is 0 Å². The summed E-state index contributed by atoms with van der Waals surface area (Å²) >= 11 is 3.66. The first-order valence-electron chi connectivity index (χ1n) is 9.67. The van der Waals surface area contributed by atoms with Crippen LogP contribution in [0.5, 0.6) is 0 Å². The van der Waals surface area contributed by atoms with E-state index in [4.69, 9.17) is 4.98 Å². The van der Waals surface area contributed by atoms with Gasteiger partial charge in [0.1, 0.15) is 11.5 Å². The van der Waals surface area contributed by atoms with Gasteiger partial charge >= 0.3 is 0 Å². The molecule has 0 aliphatic heterocycles. The Morgan fingerprint density at radius 2 is 1.82 bits per heavy atom. The molecule has 0 spiro atoms. The Bertz CT molecular complexity index is 1120. The zero-order valence-corrected chi connectivity index (χ0v) is 16.9. The summed E-state index contributed by atoms with van der Waals surface area (Å²) in [7, 11) is 0. The number of hydrogen-bond donors (Lipinski definition) is 1. The quantitative estimate of drug-likeness (QED) is 0.396. The minimum absolute atomic E-state index is 0.239. The van der Waals surface area contributed by atoms with E-state index in [1.807, 2.05) is 24.8 Å². The molecule has 142 valence electrons. The van der Waals surface area contributed by atoms with E-state index in [2.05, 4.69) is 30.5 Å². The van der Waals surface area contributed by atoms with Crippen molar-refractivity contribution in [3.63, 3.8) is 0 Å². The molecule has 28 heavy (non-hydrogen) atoms. The van der Waals surface area contributed by atoms with Gasteiger partial charge in [0.15, 0.2) is 0 Å². The molecule has 0 radical (unpaired) electrons. The second-order valence-electron chi connectivity index (χ2n) is 7.37. The van der Waals surface area contributed by atoms with Crippen LogP contribution in [-0.4, -0.2) is 19.5 Å². The third kappa shape index (κ3) is 2.96. The molecule has 6 heteroatoms. The first-order valence-corrected chi connectivity index (χ1v) is 10.5. The molecule has 5 rings (SSSR count). The number of aromatic nitrogens is 4. The van der Waals surface area contributed by atoms with Gasteiger partial charge < -0.3 is 9.55 Å². The number of imidazole rings is 1. The lowest BCUT2D eigenvalue weighted by molar-refractivity contribution is 0.355. The van der Waals surface area contributed by atoms with Gasteiger partial charge in [-0.3, -0.25) is 0 Å². The van der Waals surface area contributed by atoms with E-state index < -0.39 is 0 Å². The molecule has 1 aliphatic rings. The van der Waals surface area contributed by atoms with E-state index in [1.54, 1.807) is 12.1 Å². The van der Waals surface area contributed by atoms with Crippen molar-refractivity contribution in [3.8, 4) is 22.5 Å². The molecule has 0 saturated heterocycles. The highest BCUT2D eigenvalue weighted by molar-refractivity contribution is 9.10. The topological polar surface area (TPSA) is 46.5 Å². The van der Waals surface area contributed by atoms with Crippen LogP contribution < -0.4 is 0 Å². The average Bonchev–Trinajstić information content (AvgIpc) is 3.34. The fraction of sp³-hybridized carbons (Fsp3) is 0.273. The van der Waals surface area contributed by atoms with Gasteiger partial charge in [-0.25, -0.2) is 14.4 Å². The highest BCUT2D eigenvalue weighted by Gasteiger charge is 2.24. The van der Waals surface area contributed by atoms with Gasteiger partial charge in [-0.05, 0) is 59.1 Å². The molecule has 4 aromatic rings. The molecule has 0 atom stereocenters. The standard InChI is InChI=1S/C22H20BrFN4/c23-18-12-26-22-19(18)17(10-11-25-22)21-20(14-6-8-15(24)9-7-14)27-13-28(21)16-4-2-1-3-5-16/h6-13,16H,1-5H2,(H,25,26). The van der Waals surface area contributed by atoms with E-state index in [0.717, 1.165) is 50.9 Å². The summed E-state index contributed by atoms with van der Waals surface area (Å²) in [5.41, 5.74) is 4.80. The maximum absolute atomic E-state index is 13.5. The predicted molar refractivity (Wildman–Crippen MR) is 113 cm³/mol. The number of H-pyrrole nitrogens is 1. The van der Waals surface area contributed by atoms with Gasteiger partial charge in [0, 0.05) is 39.4 Å². The number of nitrogens with one attached hydrogen (secondary N) is 1. The lowest BCUT2D eigenvalue weighted by Crippen LogP contribution is -2.13. The van der Waals surface area contributed by atoms with Gasteiger partial charge in [0.25, 0.3) is 0 Å². The smallest absolute Gasteiger partial charge is 0.139 e. The molecule has 1 saturated carbocycles. The summed E-state index contributed by atoms with van der Waals surface area (Å²) in [6, 6.07) is 9.07. The van der Waals surface area contributed by atoms with E-state index in [-0.39, 0.29) is 5.82 Å². The fourth-order valence-corrected chi connectivity index (χ4v) is 4.81. The predicted octanol–water partition coefficient (Wildman–Crippen LogP) is 6.50. The van der Waals surface area contributed by atoms with Gasteiger partial charge in [-0.2, -0.15) is 0 Å². The summed E-state index contributed by atoms with van der Waals surface area (Å²) in [5, 5.41) is 1.04. The van der Waals surface area contributed by atoms with Crippen LogP contribution >= 0.6 is 15.9 Å². The third-order valence-corrected chi connectivity index (χ3v) is 6.29. The number of halogens is 2. The van der Waals surface area contributed by atoms with Crippen LogP contribution in [0.4, 0.5) is 4.39 Å². The van der Waals surface area contributed by atoms with E-state index in [1.165, 1.54) is 31.4 Å². The minimum Gasteiger partial charge on any atom is -0.345 e. The number of nitrogens with zero attached hydrogens (tertiary/aromatic N) is 3. The molecule has 1 aromatic carbocycles. The molecule has 1 fully saturated rings. The first-order chi connectivity index (χ1) is 13.7. The van der Waals surface area contributed by atoms with Crippen molar-refractivity contribution in [1.82, 2.24) is 19.5 Å². The Balaban J connectivity index is 1.76. The van der Waals surface area contributed by atoms with Crippen molar-refractivity contribution < 1.29 is 4.39 Å². The fourth-order valence-electron chi connectivity index (χ4n) is 4.30. The molecule has 4 nitrogen and oxygen atoms in total. The summed E-state index contributed by atoms with van der Waals surface area (Å²) in [6.07, 6.45) is 11.8. The van der Waals surface area contributed by atoms with Crippen molar-refractivity contribution in [2.24, 2.45) is 0 Å². The van der Waals surface area contributed by atoms with E-state index in [9.17, 15) is 4.39 Å². The zero-order chi connectivity index (χ0) is 19.1. The molecule has 1 N–H and O–H groups in total. The van der Waals surface area contributed by atoms with Gasteiger partial charge in [-0.1, -0.05) is 19.3 Å². The minimum atomic E-state index is -0.239. The largest absolute Gasteiger partial charge is 0.345 e. The van der Waals surface area contributed by atoms with Crippen molar-refractivity contribution >= 4 is 27.0 Å². The summed E-state index contributed by atoms with van der Waals surface area (Å²) in [4.78, 5) is 12.5. The Labute approximate surface area is 171 Å². The van der Waals surface area contributed by atoms with E-state index in [0.29, 0.717) is 6.04 Å². The average molecular weight is 439 g/mol. The second-order valence-corrected chi connectivity index (χ2v) is 8.22. The highest BCUT2D eigenvalue weighted by Crippen LogP contribution is 2.41. The molecular weight excluding hydrogens is 419 g/mol. The lowest BCUT2D eigenvalue weighted by Gasteiger charge is -2.25. The number of fused-ring (bicyclic) bond motifs is 1. The Morgan fingerprint density at radius 1 is 1.04 bits per heavy atom. The zero-order valence-electron chi connectivity index (χ0n) is 15.3. The maximum Gasteiger partial charge on any atom is 0.139 e. The van der Waals surface area contributed by atoms with Crippen LogP contribution in [0.1, 0.15) is 38.1 Å². The Morgan fingerprint density at radius 3 is 2.61 bits per heavy atom. The maximum atomic E-state index is 13.5. The number of pyridine rings is 1. The molecule has 3 aromatic heterocycles. The van der Waals surface area contributed by atoms with Crippen LogP contribution in [0, 0.1) is 5.82 Å². The molecule has 0 bridgehead atoms. The monoisotopic (exact) mass is 438 g/mol. The first kappa shape index (κ1) is 17.6. The summed E-state index contributed by atoms with van der Waals surface area (Å²) < 4.78 is 16.8. The molecule has 0 unspecified atom stereocenters. The lowest BCUT2D eigenvalue weighted by atomic mass is 9.94. The van der Waals surface area contributed by atoms with Gasteiger partial charge in [0.05, 0.1) is 17.7 Å². The highest BCUT2D eigenvalue weighted by atomic mass is 79.9. The Hall–Kier alpha value is -2.47. The number of hydrogen-bond acceptors (Lipinski definition) is 2. The molecule has 0 amide bonds. The van der Waals surface area contributed by atoms with Crippen molar-refractivity contribution in [1.29, 1.82) is 0 Å². The number of rotatable bonds is 3. The Kier molecular flexibility index (Phi) is 4.51. The second kappa shape index (κ2) is 7.17. The number of aromatic amines is 1. The van der Waals surface area contributed by atoms with Crippen LogP contribution in [0.15, 0.2) is 53.5 Å². The van der Waals surface area contributed by atoms with Gasteiger partial charge in [-0.15, -0.1) is 0 Å². The van der Waals surface area contributed by atoms with Crippen LogP contribution in [0.3, 0.4) is 0 Å². The SMILES string of the molecule is Fc1ccc(-c2ncn(C3CCCCC3)c2-c2ccnc3[nH]cc(Br)c23)cc1. The molecular formula is C22H20BrFN4. The van der Waals surface area contributed by atoms with Crippen molar-refractivity contribution in [3.05, 3.63) is 59.3 Å². The van der Waals surface area contributed by atoms with E-state index >= 15 is 0 Å².